The summed E-state index contributed by atoms with van der Waals surface area (Å²) in [7, 11) is 0. The van der Waals surface area contributed by atoms with Gasteiger partial charge < -0.3 is 4.79 Å². The highest BCUT2D eigenvalue weighted by molar-refractivity contribution is 5.75. The van der Waals surface area contributed by atoms with Crippen molar-refractivity contribution < 1.29 is 4.79 Å². The summed E-state index contributed by atoms with van der Waals surface area (Å²) in [5, 5.41) is 0. The molecule has 0 bridgehead atoms. The van der Waals surface area contributed by atoms with E-state index in [1.165, 1.54) is 0 Å². The zero-order valence-electron chi connectivity index (χ0n) is 10.0. The maximum Gasteiger partial charge on any atom is 0.129 e. The van der Waals surface area contributed by atoms with Crippen LogP contribution in [0.15, 0.2) is 0 Å². The third-order valence-corrected chi connectivity index (χ3v) is 3.36. The summed E-state index contributed by atoms with van der Waals surface area (Å²) in [4.78, 5) is 10.8. The topological polar surface area (TPSA) is 17.1 Å². The number of rotatable bonds is 4. The van der Waals surface area contributed by atoms with E-state index in [0.29, 0.717) is 16.6 Å². The molecule has 0 N–H and O–H groups in total. The molecule has 0 atom stereocenters. The quantitative estimate of drug-likeness (QED) is 0.649. The van der Waals surface area contributed by atoms with Gasteiger partial charge in [-0.15, -0.1) is 0 Å². The minimum absolute atomic E-state index is 0.310. The van der Waals surface area contributed by atoms with E-state index in [1.54, 1.807) is 6.92 Å². The zero-order valence-corrected chi connectivity index (χ0v) is 10.0. The van der Waals surface area contributed by atoms with E-state index in [4.69, 9.17) is 0 Å². The first-order chi connectivity index (χ1) is 5.67. The molecule has 78 valence electrons. The second-order valence-electron chi connectivity index (χ2n) is 5.69. The van der Waals surface area contributed by atoms with Crippen LogP contribution in [-0.2, 0) is 4.79 Å². The third kappa shape index (κ3) is 4.44. The molecule has 0 aliphatic rings. The molecular weight excluding hydrogens is 160 g/mol. The summed E-state index contributed by atoms with van der Waals surface area (Å²) in [5.74, 6) is 0.310. The van der Waals surface area contributed by atoms with Gasteiger partial charge in [-0.25, -0.2) is 0 Å². The van der Waals surface area contributed by atoms with Gasteiger partial charge in [0.15, 0.2) is 0 Å². The molecule has 0 unspecified atom stereocenters. The maximum absolute atomic E-state index is 10.8. The van der Waals surface area contributed by atoms with Gasteiger partial charge in [0, 0.05) is 6.42 Å². The predicted octanol–water partition coefficient (Wildman–Crippen LogP) is 3.82. The smallest absolute Gasteiger partial charge is 0.129 e. The summed E-state index contributed by atoms with van der Waals surface area (Å²) in [6.45, 7) is 13.0. The van der Waals surface area contributed by atoms with Gasteiger partial charge in [0.2, 0.25) is 0 Å². The van der Waals surface area contributed by atoms with Gasteiger partial charge >= 0.3 is 0 Å². The summed E-state index contributed by atoms with van der Waals surface area (Å²) in [6, 6.07) is 0. The first-order valence-corrected chi connectivity index (χ1v) is 5.16. The van der Waals surface area contributed by atoms with E-state index in [1.807, 2.05) is 0 Å². The number of carbonyl (C=O) groups excluding carboxylic acids is 1. The number of ketones is 1. The molecule has 0 fully saturated rings. The van der Waals surface area contributed by atoms with Crippen molar-refractivity contribution >= 4 is 5.78 Å². The Bertz CT molecular complexity index is 172. The number of Topliss-reactive ketones (excluding diaryl/α,β-unsaturated/α-hetero) is 1. The summed E-state index contributed by atoms with van der Waals surface area (Å²) < 4.78 is 0. The Kier molecular flexibility index (Phi) is 4.15. The van der Waals surface area contributed by atoms with Crippen LogP contribution in [0.2, 0.25) is 0 Å². The fourth-order valence-corrected chi connectivity index (χ4v) is 1.15. The molecule has 0 radical (unpaired) electrons. The second kappa shape index (κ2) is 4.26. The van der Waals surface area contributed by atoms with Crippen molar-refractivity contribution in [1.82, 2.24) is 0 Å². The predicted molar refractivity (Wildman–Crippen MR) is 57.8 cm³/mol. The molecule has 0 aromatic carbocycles. The van der Waals surface area contributed by atoms with Crippen LogP contribution in [0.25, 0.3) is 0 Å². The van der Waals surface area contributed by atoms with Gasteiger partial charge in [-0.2, -0.15) is 0 Å². The fourth-order valence-electron chi connectivity index (χ4n) is 1.15. The highest BCUT2D eigenvalue weighted by Gasteiger charge is 2.31. The van der Waals surface area contributed by atoms with Gasteiger partial charge in [-0.1, -0.05) is 34.6 Å². The maximum atomic E-state index is 10.8. The standard InChI is InChI=1S/C12H24O/c1-10(13)8-7-9-12(5,6)11(2,3)4/h7-9H2,1-6H3. The van der Waals surface area contributed by atoms with Gasteiger partial charge in [-0.05, 0) is 30.6 Å². The van der Waals surface area contributed by atoms with Crippen molar-refractivity contribution in [3.05, 3.63) is 0 Å². The van der Waals surface area contributed by atoms with E-state index >= 15 is 0 Å². The number of hydrogen-bond donors (Lipinski definition) is 0. The highest BCUT2D eigenvalue weighted by atomic mass is 16.1. The molecule has 0 aliphatic heterocycles. The average Bonchev–Trinajstić information content (AvgIpc) is 1.82. The summed E-state index contributed by atoms with van der Waals surface area (Å²) >= 11 is 0. The molecule has 0 aliphatic carbocycles. The van der Waals surface area contributed by atoms with Gasteiger partial charge in [0.1, 0.15) is 5.78 Å². The fraction of sp³-hybridized carbons (Fsp3) is 0.917. The molecule has 1 heteroatoms. The van der Waals surface area contributed by atoms with Crippen molar-refractivity contribution in [3.8, 4) is 0 Å². The SMILES string of the molecule is CC(=O)CCCC(C)(C)C(C)(C)C. The van der Waals surface area contributed by atoms with Crippen LogP contribution >= 0.6 is 0 Å². The number of carbonyl (C=O) groups is 1. The van der Waals surface area contributed by atoms with Gasteiger partial charge in [0.25, 0.3) is 0 Å². The van der Waals surface area contributed by atoms with Crippen LogP contribution in [0.4, 0.5) is 0 Å². The van der Waals surface area contributed by atoms with Crippen molar-refractivity contribution in [2.24, 2.45) is 10.8 Å². The lowest BCUT2D eigenvalue weighted by Gasteiger charge is -2.39. The Hall–Kier alpha value is -0.330. The lowest BCUT2D eigenvalue weighted by molar-refractivity contribution is -0.117. The van der Waals surface area contributed by atoms with E-state index in [0.717, 1.165) is 19.3 Å². The van der Waals surface area contributed by atoms with E-state index in [-0.39, 0.29) is 0 Å². The van der Waals surface area contributed by atoms with Crippen LogP contribution in [0, 0.1) is 10.8 Å². The first-order valence-electron chi connectivity index (χ1n) is 5.16. The largest absolute Gasteiger partial charge is 0.300 e. The van der Waals surface area contributed by atoms with Crippen molar-refractivity contribution in [2.75, 3.05) is 0 Å². The van der Waals surface area contributed by atoms with Crippen LogP contribution in [0.5, 0.6) is 0 Å². The molecular formula is C12H24O. The molecule has 0 heterocycles. The zero-order chi connectivity index (χ0) is 10.7. The molecule has 0 spiro atoms. The molecule has 13 heavy (non-hydrogen) atoms. The average molecular weight is 184 g/mol. The van der Waals surface area contributed by atoms with Gasteiger partial charge in [0.05, 0.1) is 0 Å². The Balaban J connectivity index is 3.97. The molecule has 0 saturated carbocycles. The third-order valence-electron chi connectivity index (χ3n) is 3.36. The van der Waals surface area contributed by atoms with E-state index in [9.17, 15) is 4.79 Å². The Morgan fingerprint density at radius 2 is 1.54 bits per heavy atom. The van der Waals surface area contributed by atoms with Gasteiger partial charge in [-0.3, -0.25) is 0 Å². The van der Waals surface area contributed by atoms with Crippen LogP contribution in [0.1, 0.15) is 60.8 Å². The lowest BCUT2D eigenvalue weighted by atomic mass is 9.67. The molecule has 0 amide bonds. The van der Waals surface area contributed by atoms with Crippen LogP contribution in [0.3, 0.4) is 0 Å². The molecule has 1 nitrogen and oxygen atoms in total. The summed E-state index contributed by atoms with van der Waals surface area (Å²) in [6.07, 6.45) is 2.90. The first kappa shape index (κ1) is 12.7. The molecule has 0 saturated heterocycles. The van der Waals surface area contributed by atoms with Crippen LogP contribution < -0.4 is 0 Å². The normalized spacial score (nSPS) is 13.1. The second-order valence-corrected chi connectivity index (χ2v) is 5.69. The Morgan fingerprint density at radius 3 is 1.85 bits per heavy atom. The van der Waals surface area contributed by atoms with Crippen molar-refractivity contribution in [1.29, 1.82) is 0 Å². The molecule has 0 aromatic heterocycles. The van der Waals surface area contributed by atoms with Crippen molar-refractivity contribution in [2.45, 2.75) is 60.8 Å². The van der Waals surface area contributed by atoms with Crippen molar-refractivity contribution in [3.63, 3.8) is 0 Å². The summed E-state index contributed by atoms with van der Waals surface area (Å²) in [5.41, 5.74) is 0.645. The monoisotopic (exact) mass is 184 g/mol. The Labute approximate surface area is 82.9 Å². The molecule has 0 aromatic rings. The lowest BCUT2D eigenvalue weighted by Crippen LogP contribution is -2.29. The minimum Gasteiger partial charge on any atom is -0.300 e. The Morgan fingerprint density at radius 1 is 1.08 bits per heavy atom. The van der Waals surface area contributed by atoms with Crippen LogP contribution in [-0.4, -0.2) is 5.78 Å². The highest BCUT2D eigenvalue weighted by Crippen LogP contribution is 2.41. The van der Waals surface area contributed by atoms with E-state index in [2.05, 4.69) is 34.6 Å². The minimum atomic E-state index is 0.310. The number of hydrogen-bond acceptors (Lipinski definition) is 1. The molecule has 0 rings (SSSR count). The van der Waals surface area contributed by atoms with E-state index < -0.39 is 0 Å².